The molecule has 0 bridgehead atoms. The molecule has 1 aromatic rings. The van der Waals surface area contributed by atoms with Gasteiger partial charge in [-0.3, -0.25) is 15.1 Å². The Morgan fingerprint density at radius 1 is 1.30 bits per heavy atom. The van der Waals surface area contributed by atoms with Gasteiger partial charge in [0, 0.05) is 12.1 Å². The van der Waals surface area contributed by atoms with E-state index in [2.05, 4.69) is 0 Å². The molecule has 0 heterocycles. The highest BCUT2D eigenvalue weighted by molar-refractivity contribution is 5.93. The van der Waals surface area contributed by atoms with Gasteiger partial charge in [0.15, 0.2) is 0 Å². The monoisotopic (exact) mass is 289 g/mol. The number of nitrogens with two attached hydrogens (primary N) is 1. The van der Waals surface area contributed by atoms with Crippen molar-refractivity contribution in [1.29, 1.82) is 0 Å². The number of benzene rings is 1. The minimum absolute atomic E-state index is 0.192. The van der Waals surface area contributed by atoms with Crippen LogP contribution in [0.4, 0.5) is 13.2 Å². The van der Waals surface area contributed by atoms with Crippen LogP contribution < -0.4 is 11.3 Å². The molecule has 0 aromatic heterocycles. The van der Waals surface area contributed by atoms with Crippen molar-refractivity contribution < 1.29 is 18.0 Å². The van der Waals surface area contributed by atoms with Crippen molar-refractivity contribution in [3.05, 3.63) is 35.4 Å². The van der Waals surface area contributed by atoms with E-state index in [4.69, 9.17) is 5.84 Å². The quantitative estimate of drug-likeness (QED) is 0.479. The zero-order chi connectivity index (χ0) is 15.2. The third-order valence-electron chi connectivity index (χ3n) is 2.70. The molecule has 20 heavy (non-hydrogen) atoms. The summed E-state index contributed by atoms with van der Waals surface area (Å²) in [5, 5.41) is 0. The summed E-state index contributed by atoms with van der Waals surface area (Å²) in [4.78, 5) is 12.6. The number of carbonyl (C=O) groups excluding carboxylic acids is 1. The average Bonchev–Trinajstić information content (AvgIpc) is 2.37. The van der Waals surface area contributed by atoms with E-state index in [9.17, 15) is 18.0 Å². The summed E-state index contributed by atoms with van der Waals surface area (Å²) < 4.78 is 37.3. The molecule has 7 heteroatoms. The number of nitrogens with one attached hydrogen (secondary N) is 1. The number of rotatable bonds is 6. The third kappa shape index (κ3) is 5.58. The molecule has 112 valence electrons. The van der Waals surface area contributed by atoms with Crippen LogP contribution in [0.1, 0.15) is 29.3 Å². The van der Waals surface area contributed by atoms with Crippen LogP contribution in [0.5, 0.6) is 0 Å². The fraction of sp³-hybridized carbons (Fsp3) is 0.462. The second kappa shape index (κ2) is 7.25. The van der Waals surface area contributed by atoms with E-state index in [0.717, 1.165) is 5.56 Å². The molecule has 1 rings (SSSR count). The zero-order valence-electron chi connectivity index (χ0n) is 11.2. The lowest BCUT2D eigenvalue weighted by Crippen LogP contribution is -2.34. The zero-order valence-corrected chi connectivity index (χ0v) is 11.2. The molecule has 0 saturated heterocycles. The summed E-state index contributed by atoms with van der Waals surface area (Å²) in [6.45, 7) is 1.45. The van der Waals surface area contributed by atoms with Crippen LogP contribution in [-0.4, -0.2) is 30.1 Å². The second-order valence-corrected chi connectivity index (χ2v) is 4.50. The van der Waals surface area contributed by atoms with Crippen LogP contribution in [0.3, 0.4) is 0 Å². The lowest BCUT2D eigenvalue weighted by atomic mass is 10.1. The molecular weight excluding hydrogens is 271 g/mol. The fourth-order valence-electron chi connectivity index (χ4n) is 1.89. The van der Waals surface area contributed by atoms with Crippen molar-refractivity contribution in [3.8, 4) is 0 Å². The summed E-state index contributed by atoms with van der Waals surface area (Å²) in [5.74, 6) is 4.57. The normalized spacial score (nSPS) is 11.7. The molecule has 0 aliphatic rings. The third-order valence-corrected chi connectivity index (χ3v) is 2.70. The lowest BCUT2D eigenvalue weighted by molar-refractivity contribution is -0.147. The van der Waals surface area contributed by atoms with Crippen molar-refractivity contribution in [2.45, 2.75) is 26.1 Å². The number of hydrogen-bond donors (Lipinski definition) is 2. The van der Waals surface area contributed by atoms with Gasteiger partial charge in [-0.15, -0.1) is 0 Å². The molecule has 1 amide bonds. The van der Waals surface area contributed by atoms with Crippen molar-refractivity contribution in [3.63, 3.8) is 0 Å². The number of hydrazine groups is 1. The van der Waals surface area contributed by atoms with Gasteiger partial charge in [-0.05, 0) is 30.7 Å². The van der Waals surface area contributed by atoms with Gasteiger partial charge in [0.2, 0.25) is 0 Å². The predicted octanol–water partition coefficient (Wildman–Crippen LogP) is 2.06. The summed E-state index contributed by atoms with van der Waals surface area (Å²) in [6.07, 6.45) is -3.57. The Kier molecular flexibility index (Phi) is 5.97. The first kappa shape index (κ1) is 16.5. The van der Waals surface area contributed by atoms with Crippen LogP contribution in [0.15, 0.2) is 24.3 Å². The maximum atomic E-state index is 12.4. The molecule has 0 unspecified atom stereocenters. The highest BCUT2D eigenvalue weighted by atomic mass is 19.4. The Bertz CT molecular complexity index is 431. The van der Waals surface area contributed by atoms with E-state index in [1.165, 1.54) is 17.0 Å². The molecule has 0 aliphatic heterocycles. The van der Waals surface area contributed by atoms with E-state index < -0.39 is 18.6 Å². The minimum atomic E-state index is -4.21. The van der Waals surface area contributed by atoms with Crippen molar-refractivity contribution in [1.82, 2.24) is 10.3 Å². The molecule has 3 N–H and O–H groups in total. The number of carbonyl (C=O) groups is 1. The number of nitrogens with zero attached hydrogens (tertiary/aromatic N) is 1. The van der Waals surface area contributed by atoms with Crippen LogP contribution in [0.2, 0.25) is 0 Å². The summed E-state index contributed by atoms with van der Waals surface area (Å²) in [6, 6.07) is 6.33. The molecule has 0 fully saturated rings. The molecule has 1 aromatic carbocycles. The van der Waals surface area contributed by atoms with Gasteiger partial charge in [-0.2, -0.15) is 13.2 Å². The summed E-state index contributed by atoms with van der Waals surface area (Å²) >= 11 is 0. The van der Waals surface area contributed by atoms with Gasteiger partial charge < -0.3 is 0 Å². The van der Waals surface area contributed by atoms with E-state index in [1.54, 1.807) is 12.1 Å². The van der Waals surface area contributed by atoms with E-state index in [0.29, 0.717) is 18.5 Å². The summed E-state index contributed by atoms with van der Waals surface area (Å²) in [5.41, 5.74) is 3.08. The number of halogens is 3. The molecule has 0 atom stereocenters. The fourth-order valence-corrected chi connectivity index (χ4v) is 1.89. The van der Waals surface area contributed by atoms with E-state index >= 15 is 0 Å². The van der Waals surface area contributed by atoms with Crippen molar-refractivity contribution >= 4 is 5.91 Å². The number of alkyl halides is 3. The van der Waals surface area contributed by atoms with Crippen LogP contribution in [-0.2, 0) is 6.54 Å². The smallest absolute Gasteiger partial charge is 0.291 e. The lowest BCUT2D eigenvalue weighted by Gasteiger charge is -2.23. The van der Waals surface area contributed by atoms with E-state index in [1.807, 2.05) is 12.3 Å². The maximum absolute atomic E-state index is 12.4. The SMILES string of the molecule is CCCN(Cc1ccc(C(=O)NN)cc1)CC(F)(F)F. The van der Waals surface area contributed by atoms with Crippen molar-refractivity contribution in [2.24, 2.45) is 5.84 Å². The minimum Gasteiger partial charge on any atom is -0.291 e. The Morgan fingerprint density at radius 3 is 2.35 bits per heavy atom. The van der Waals surface area contributed by atoms with Crippen LogP contribution in [0.25, 0.3) is 0 Å². The first-order valence-corrected chi connectivity index (χ1v) is 6.24. The Balaban J connectivity index is 2.71. The summed E-state index contributed by atoms with van der Waals surface area (Å²) in [7, 11) is 0. The van der Waals surface area contributed by atoms with E-state index in [-0.39, 0.29) is 6.54 Å². The number of nitrogen functional groups attached to an aromatic ring is 1. The average molecular weight is 289 g/mol. The highest BCUT2D eigenvalue weighted by Crippen LogP contribution is 2.18. The topological polar surface area (TPSA) is 58.4 Å². The largest absolute Gasteiger partial charge is 0.401 e. The van der Waals surface area contributed by atoms with Crippen molar-refractivity contribution in [2.75, 3.05) is 13.1 Å². The first-order valence-electron chi connectivity index (χ1n) is 6.24. The van der Waals surface area contributed by atoms with Gasteiger partial charge in [-0.25, -0.2) is 5.84 Å². The number of hydrogen-bond acceptors (Lipinski definition) is 3. The van der Waals surface area contributed by atoms with Crippen LogP contribution in [0, 0.1) is 0 Å². The van der Waals surface area contributed by atoms with Gasteiger partial charge in [0.1, 0.15) is 0 Å². The first-order chi connectivity index (χ1) is 9.35. The van der Waals surface area contributed by atoms with Gasteiger partial charge in [0.25, 0.3) is 5.91 Å². The standard InChI is InChI=1S/C13H18F3N3O/c1-2-7-19(9-13(14,15)16)8-10-3-5-11(6-4-10)12(20)18-17/h3-6H,2,7-9,17H2,1H3,(H,18,20). The maximum Gasteiger partial charge on any atom is 0.401 e. The Hall–Kier alpha value is -1.60. The Morgan fingerprint density at radius 2 is 1.90 bits per heavy atom. The predicted molar refractivity (Wildman–Crippen MR) is 69.7 cm³/mol. The molecule has 0 radical (unpaired) electrons. The highest BCUT2D eigenvalue weighted by Gasteiger charge is 2.30. The van der Waals surface area contributed by atoms with Crippen LogP contribution >= 0.6 is 0 Å². The molecule has 0 saturated carbocycles. The Labute approximate surface area is 115 Å². The van der Waals surface area contributed by atoms with Gasteiger partial charge >= 0.3 is 6.18 Å². The second-order valence-electron chi connectivity index (χ2n) is 4.50. The van der Waals surface area contributed by atoms with Gasteiger partial charge in [0.05, 0.1) is 6.54 Å². The number of amides is 1. The van der Waals surface area contributed by atoms with Gasteiger partial charge in [-0.1, -0.05) is 19.1 Å². The molecular formula is C13H18F3N3O. The molecule has 0 aliphatic carbocycles. The molecule has 4 nitrogen and oxygen atoms in total. The molecule has 0 spiro atoms.